The normalized spacial score (nSPS) is 43.2. The third kappa shape index (κ3) is 1.87. The lowest BCUT2D eigenvalue weighted by atomic mass is 10.4. The van der Waals surface area contributed by atoms with Gasteiger partial charge in [0.2, 0.25) is 0 Å². The molecule has 4 N–H and O–H groups in total. The first-order valence-corrected chi connectivity index (χ1v) is 6.19. The molecule has 70 valence electrons. The van der Waals surface area contributed by atoms with Gasteiger partial charge in [-0.2, -0.15) is 0 Å². The van der Waals surface area contributed by atoms with Gasteiger partial charge in [0.15, 0.2) is 7.51 Å². The molecule has 3 aliphatic rings. The maximum atomic E-state index is 8.04. The molecular weight excluding hydrogens is 173 g/mol. The van der Waals surface area contributed by atoms with Gasteiger partial charge in [-0.1, -0.05) is 0 Å². The molecule has 2 bridgehead atoms. The number of fused-ring (bicyclic) bond motifs is 6. The van der Waals surface area contributed by atoms with E-state index in [2.05, 4.69) is 20.2 Å². The average Bonchev–Trinajstić information content (AvgIpc) is 1.93. The first-order chi connectivity index (χ1) is 5.79. The monoisotopic (exact) mass is 189 g/mol. The molecule has 0 aromatic carbocycles. The summed E-state index contributed by atoms with van der Waals surface area (Å²) in [6, 6.07) is 0. The van der Waals surface area contributed by atoms with Crippen LogP contribution in [0.1, 0.15) is 0 Å². The Morgan fingerprint density at radius 2 is 1.33 bits per heavy atom. The number of hydrogen-bond donors (Lipinski definition) is 4. The van der Waals surface area contributed by atoms with Gasteiger partial charge in [0, 0.05) is 39.3 Å². The molecule has 0 saturated carbocycles. The van der Waals surface area contributed by atoms with Gasteiger partial charge >= 0.3 is 0 Å². The Hall–Kier alpha value is 0.0700. The van der Waals surface area contributed by atoms with Gasteiger partial charge in [0.1, 0.15) is 0 Å². The largest absolute Gasteiger partial charge is 0.300 e. The molecular formula is C6H16N5P. The van der Waals surface area contributed by atoms with Crippen LogP contribution < -0.4 is 15.3 Å². The lowest BCUT2D eigenvalue weighted by Crippen LogP contribution is -2.49. The van der Waals surface area contributed by atoms with Crippen LogP contribution in [0.5, 0.6) is 0 Å². The van der Waals surface area contributed by atoms with Gasteiger partial charge in [0.25, 0.3) is 0 Å². The second-order valence-electron chi connectivity index (χ2n) is 3.24. The van der Waals surface area contributed by atoms with Crippen LogP contribution >= 0.6 is 7.51 Å². The van der Waals surface area contributed by atoms with E-state index < -0.39 is 7.51 Å². The number of nitrogens with zero attached hydrogens (tertiary/aromatic N) is 1. The summed E-state index contributed by atoms with van der Waals surface area (Å²) >= 11 is 0. The Labute approximate surface area is 72.9 Å². The molecule has 3 aliphatic heterocycles. The van der Waals surface area contributed by atoms with Gasteiger partial charge in [-0.25, -0.2) is 0 Å². The Bertz CT molecular complexity index is 173. The highest BCUT2D eigenvalue weighted by Crippen LogP contribution is 2.31. The van der Waals surface area contributed by atoms with Crippen molar-refractivity contribution in [2.24, 2.45) is 0 Å². The molecule has 0 aromatic heterocycles. The minimum atomic E-state index is -1.92. The summed E-state index contributed by atoms with van der Waals surface area (Å²) in [7, 11) is -1.92. The third-order valence-corrected chi connectivity index (χ3v) is 4.42. The fourth-order valence-corrected chi connectivity index (χ4v) is 3.27. The molecule has 3 heterocycles. The molecule has 0 unspecified atom stereocenters. The van der Waals surface area contributed by atoms with Crippen molar-refractivity contribution in [3.63, 3.8) is 0 Å². The quantitative estimate of drug-likeness (QED) is 0.392. The molecule has 0 spiro atoms. The van der Waals surface area contributed by atoms with E-state index in [0.717, 1.165) is 39.3 Å². The van der Waals surface area contributed by atoms with Gasteiger partial charge in [-0.15, -0.1) is 0 Å². The van der Waals surface area contributed by atoms with E-state index >= 15 is 0 Å². The molecule has 3 rings (SSSR count). The van der Waals surface area contributed by atoms with Crippen molar-refractivity contribution in [2.75, 3.05) is 39.3 Å². The van der Waals surface area contributed by atoms with E-state index in [0.29, 0.717) is 0 Å². The smallest absolute Gasteiger partial charge is 0.157 e. The summed E-state index contributed by atoms with van der Waals surface area (Å²) in [4.78, 5) is 2.41. The first-order valence-electron chi connectivity index (χ1n) is 4.40. The highest BCUT2D eigenvalue weighted by molar-refractivity contribution is 7.58. The number of rotatable bonds is 0. The maximum absolute atomic E-state index is 8.04. The average molecular weight is 189 g/mol. The van der Waals surface area contributed by atoms with Crippen molar-refractivity contribution in [3.8, 4) is 0 Å². The van der Waals surface area contributed by atoms with Crippen LogP contribution in [0.25, 0.3) is 0 Å². The molecule has 0 aromatic rings. The molecule has 0 amide bonds. The molecule has 5 nitrogen and oxygen atoms in total. The van der Waals surface area contributed by atoms with Crippen molar-refractivity contribution in [1.82, 2.24) is 20.2 Å². The Kier molecular flexibility index (Phi) is 2.48. The van der Waals surface area contributed by atoms with Crippen molar-refractivity contribution < 1.29 is 0 Å². The van der Waals surface area contributed by atoms with E-state index in [9.17, 15) is 0 Å². The van der Waals surface area contributed by atoms with Crippen LogP contribution in [0.2, 0.25) is 0 Å². The third-order valence-electron chi connectivity index (χ3n) is 2.33. The Morgan fingerprint density at radius 3 is 1.75 bits per heavy atom. The van der Waals surface area contributed by atoms with Crippen LogP contribution in [-0.2, 0) is 0 Å². The molecule has 0 aliphatic carbocycles. The van der Waals surface area contributed by atoms with Crippen molar-refractivity contribution >= 4 is 7.51 Å². The first kappa shape index (κ1) is 8.66. The SMILES string of the molecule is N=P12NCCN(CCN1)CCN2. The molecule has 3 saturated heterocycles. The van der Waals surface area contributed by atoms with E-state index in [-0.39, 0.29) is 0 Å². The van der Waals surface area contributed by atoms with Gasteiger partial charge in [-0.3, -0.25) is 25.3 Å². The minimum Gasteiger partial charge on any atom is -0.300 e. The van der Waals surface area contributed by atoms with Crippen LogP contribution in [0, 0.1) is 5.16 Å². The van der Waals surface area contributed by atoms with E-state index in [1.807, 2.05) is 0 Å². The predicted molar refractivity (Wildman–Crippen MR) is 50.1 cm³/mol. The van der Waals surface area contributed by atoms with E-state index in [4.69, 9.17) is 5.16 Å². The standard InChI is InChI=1S/C6H16N5P/c7-12-8-1-4-11(5-2-9-12)6-3-10-12/h1-6H2,(H4,7,8,9,10). The highest BCUT2D eigenvalue weighted by Gasteiger charge is 2.21. The zero-order valence-corrected chi connectivity index (χ0v) is 8.03. The van der Waals surface area contributed by atoms with Crippen LogP contribution in [0.15, 0.2) is 0 Å². The lowest BCUT2D eigenvalue weighted by Gasteiger charge is -2.36. The van der Waals surface area contributed by atoms with E-state index in [1.165, 1.54) is 0 Å². The molecule has 0 atom stereocenters. The Balaban J connectivity index is 2.11. The summed E-state index contributed by atoms with van der Waals surface area (Å²) in [5, 5.41) is 17.8. The molecule has 0 radical (unpaired) electrons. The predicted octanol–water partition coefficient (Wildman–Crippen LogP) is -0.391. The van der Waals surface area contributed by atoms with Crippen molar-refractivity contribution in [2.45, 2.75) is 0 Å². The summed E-state index contributed by atoms with van der Waals surface area (Å²) in [6.07, 6.45) is 0. The summed E-state index contributed by atoms with van der Waals surface area (Å²) in [6.45, 7) is 6.05. The Morgan fingerprint density at radius 1 is 0.917 bits per heavy atom. The molecule has 12 heavy (non-hydrogen) atoms. The zero-order valence-electron chi connectivity index (χ0n) is 7.14. The van der Waals surface area contributed by atoms with Crippen LogP contribution in [-0.4, -0.2) is 44.2 Å². The minimum absolute atomic E-state index is 0.928. The number of nitrogens with one attached hydrogen (secondary N) is 4. The zero-order chi connectivity index (χ0) is 8.44. The maximum Gasteiger partial charge on any atom is 0.157 e. The fraction of sp³-hybridized carbons (Fsp3) is 1.00. The van der Waals surface area contributed by atoms with Crippen LogP contribution in [0.3, 0.4) is 0 Å². The lowest BCUT2D eigenvalue weighted by molar-refractivity contribution is 0.275. The van der Waals surface area contributed by atoms with Gasteiger partial charge in [0.05, 0.1) is 0 Å². The van der Waals surface area contributed by atoms with Crippen molar-refractivity contribution in [1.29, 1.82) is 5.16 Å². The summed E-state index contributed by atoms with van der Waals surface area (Å²) < 4.78 is 0. The summed E-state index contributed by atoms with van der Waals surface area (Å²) in [5.41, 5.74) is 0. The number of hydrogen-bond acceptors (Lipinski definition) is 2. The van der Waals surface area contributed by atoms with Gasteiger partial charge < -0.3 is 0 Å². The molecule has 6 heteroatoms. The second kappa shape index (κ2) is 3.44. The topological polar surface area (TPSA) is 63.2 Å². The summed E-state index contributed by atoms with van der Waals surface area (Å²) in [5.74, 6) is 0. The molecule has 3 fully saturated rings. The highest BCUT2D eigenvalue weighted by atomic mass is 31.2. The van der Waals surface area contributed by atoms with Gasteiger partial charge in [-0.05, 0) is 0 Å². The van der Waals surface area contributed by atoms with E-state index in [1.54, 1.807) is 0 Å². The fourth-order valence-electron chi connectivity index (χ4n) is 1.63. The van der Waals surface area contributed by atoms with Crippen LogP contribution in [0.4, 0.5) is 0 Å². The van der Waals surface area contributed by atoms with Crippen molar-refractivity contribution in [3.05, 3.63) is 0 Å². The second-order valence-corrected chi connectivity index (χ2v) is 5.53.